The highest BCUT2D eigenvalue weighted by Crippen LogP contribution is 2.38. The van der Waals surface area contributed by atoms with Crippen LogP contribution in [0.4, 0.5) is 16.2 Å². The lowest BCUT2D eigenvalue weighted by Gasteiger charge is -2.27. The van der Waals surface area contributed by atoms with E-state index < -0.39 is 0 Å². The number of aromatic nitrogens is 1. The molecule has 0 bridgehead atoms. The maximum atomic E-state index is 12.7. The number of fused-ring (bicyclic) bond motifs is 2. The van der Waals surface area contributed by atoms with Crippen LogP contribution < -0.4 is 24.7 Å². The number of allylic oxidation sites excluding steroid dienone is 1. The Hall–Kier alpha value is -4.39. The summed E-state index contributed by atoms with van der Waals surface area (Å²) in [7, 11) is 3.24. The number of benzene rings is 3. The number of hydrogen-bond donors (Lipinski definition) is 1. The van der Waals surface area contributed by atoms with Crippen LogP contribution in [0.15, 0.2) is 85.2 Å². The summed E-state index contributed by atoms with van der Waals surface area (Å²) in [5.41, 5.74) is 3.48. The Morgan fingerprint density at radius 2 is 1.73 bits per heavy atom. The standard InChI is InChI=1S/C26H23N3O4/c1-31-24-16-18-7-6-13-29(23(18)17-25(24)32-2)33-21-10-11-22-19(15-21)12-14-28(22)26(30)27-20-8-4-3-5-9-20/h3-6,8-17H,7H2,1-2H3,(H,27,30). The van der Waals surface area contributed by atoms with E-state index in [4.69, 9.17) is 14.3 Å². The Bertz CT molecular complexity index is 1340. The van der Waals surface area contributed by atoms with Crippen molar-refractivity contribution in [1.29, 1.82) is 0 Å². The van der Waals surface area contributed by atoms with Crippen molar-refractivity contribution in [3.8, 4) is 17.2 Å². The van der Waals surface area contributed by atoms with Gasteiger partial charge in [0.2, 0.25) is 0 Å². The molecule has 0 aliphatic carbocycles. The molecule has 1 N–H and O–H groups in total. The highest BCUT2D eigenvalue weighted by Gasteiger charge is 2.19. The smallest absolute Gasteiger partial charge is 0.330 e. The number of methoxy groups -OCH3 is 2. The van der Waals surface area contributed by atoms with Crippen LogP contribution in [0.2, 0.25) is 0 Å². The third kappa shape index (κ3) is 3.96. The number of hydrogen-bond acceptors (Lipinski definition) is 5. The molecule has 0 unspecified atom stereocenters. The topological polar surface area (TPSA) is 65.0 Å². The van der Waals surface area contributed by atoms with Crippen molar-refractivity contribution in [2.45, 2.75) is 6.42 Å². The second kappa shape index (κ2) is 8.63. The molecule has 166 valence electrons. The van der Waals surface area contributed by atoms with Gasteiger partial charge in [0, 0.05) is 29.5 Å². The maximum absolute atomic E-state index is 12.7. The normalized spacial score (nSPS) is 12.4. The van der Waals surface area contributed by atoms with Gasteiger partial charge in [-0.25, -0.2) is 4.79 Å². The number of rotatable bonds is 5. The zero-order valence-corrected chi connectivity index (χ0v) is 18.3. The van der Waals surface area contributed by atoms with Crippen LogP contribution in [0.25, 0.3) is 10.9 Å². The van der Waals surface area contributed by atoms with Gasteiger partial charge >= 0.3 is 6.03 Å². The number of amides is 1. The van der Waals surface area contributed by atoms with Gasteiger partial charge in [0.05, 0.1) is 25.4 Å². The fraction of sp³-hybridized carbons (Fsp3) is 0.115. The second-order valence-electron chi connectivity index (χ2n) is 7.54. The van der Waals surface area contributed by atoms with Gasteiger partial charge in [-0.1, -0.05) is 24.3 Å². The van der Waals surface area contributed by atoms with Crippen LogP contribution in [0.5, 0.6) is 17.2 Å². The zero-order valence-electron chi connectivity index (χ0n) is 18.3. The third-order valence-corrected chi connectivity index (χ3v) is 5.51. The van der Waals surface area contributed by atoms with E-state index >= 15 is 0 Å². The van der Waals surface area contributed by atoms with E-state index in [-0.39, 0.29) is 6.03 Å². The molecule has 0 fully saturated rings. The molecular formula is C26H23N3O4. The molecule has 33 heavy (non-hydrogen) atoms. The van der Waals surface area contributed by atoms with E-state index in [0.29, 0.717) is 17.2 Å². The predicted molar refractivity (Wildman–Crippen MR) is 128 cm³/mol. The summed E-state index contributed by atoms with van der Waals surface area (Å²) < 4.78 is 12.5. The summed E-state index contributed by atoms with van der Waals surface area (Å²) >= 11 is 0. The molecule has 2 heterocycles. The SMILES string of the molecule is COc1cc2c(cc1OC)N(Oc1ccc3c(ccn3C(=O)Nc3ccccc3)c1)C=CC2. The Labute approximate surface area is 191 Å². The van der Waals surface area contributed by atoms with Gasteiger partial charge in [0.1, 0.15) is 0 Å². The molecule has 1 amide bonds. The van der Waals surface area contributed by atoms with E-state index in [2.05, 4.69) is 5.32 Å². The van der Waals surface area contributed by atoms with Gasteiger partial charge in [-0.05, 0) is 54.4 Å². The average Bonchev–Trinajstić information content (AvgIpc) is 3.27. The highest BCUT2D eigenvalue weighted by atomic mass is 16.7. The summed E-state index contributed by atoms with van der Waals surface area (Å²) in [6, 6.07) is 20.5. The number of nitrogens with one attached hydrogen (secondary N) is 1. The minimum atomic E-state index is -0.223. The number of carbonyl (C=O) groups is 1. The second-order valence-corrected chi connectivity index (χ2v) is 7.54. The minimum Gasteiger partial charge on any atom is -0.493 e. The van der Waals surface area contributed by atoms with E-state index in [0.717, 1.165) is 34.3 Å². The average molecular weight is 441 g/mol. The molecule has 0 saturated carbocycles. The molecule has 7 nitrogen and oxygen atoms in total. The van der Waals surface area contributed by atoms with Gasteiger partial charge in [-0.2, -0.15) is 5.06 Å². The monoisotopic (exact) mass is 441 g/mol. The Morgan fingerprint density at radius 1 is 0.939 bits per heavy atom. The molecule has 0 saturated heterocycles. The fourth-order valence-corrected chi connectivity index (χ4v) is 3.89. The first-order valence-corrected chi connectivity index (χ1v) is 10.5. The van der Waals surface area contributed by atoms with Crippen LogP contribution in [0.1, 0.15) is 5.56 Å². The van der Waals surface area contributed by atoms with Crippen molar-refractivity contribution in [2.75, 3.05) is 24.6 Å². The van der Waals surface area contributed by atoms with Crippen molar-refractivity contribution in [1.82, 2.24) is 4.57 Å². The summed E-state index contributed by atoms with van der Waals surface area (Å²) in [5.74, 6) is 1.97. The van der Waals surface area contributed by atoms with Crippen molar-refractivity contribution >= 4 is 28.3 Å². The van der Waals surface area contributed by atoms with Gasteiger partial charge in [-0.15, -0.1) is 0 Å². The molecule has 1 aliphatic heterocycles. The summed E-state index contributed by atoms with van der Waals surface area (Å²) in [4.78, 5) is 18.9. The van der Waals surface area contributed by atoms with Crippen LogP contribution >= 0.6 is 0 Å². The predicted octanol–water partition coefficient (Wildman–Crippen LogP) is 5.61. The quantitative estimate of drug-likeness (QED) is 0.436. The fourth-order valence-electron chi connectivity index (χ4n) is 3.89. The lowest BCUT2D eigenvalue weighted by molar-refractivity contribution is 0.254. The Morgan fingerprint density at radius 3 is 2.52 bits per heavy atom. The third-order valence-electron chi connectivity index (χ3n) is 5.51. The number of nitrogens with zero attached hydrogens (tertiary/aromatic N) is 2. The number of ether oxygens (including phenoxy) is 2. The van der Waals surface area contributed by atoms with Crippen LogP contribution in [0.3, 0.4) is 0 Å². The first-order chi connectivity index (χ1) is 16.2. The van der Waals surface area contributed by atoms with Crippen LogP contribution in [0, 0.1) is 0 Å². The molecule has 5 rings (SSSR count). The molecule has 0 spiro atoms. The first-order valence-electron chi connectivity index (χ1n) is 10.5. The molecule has 1 aliphatic rings. The summed E-state index contributed by atoms with van der Waals surface area (Å²) in [6.45, 7) is 0. The van der Waals surface area contributed by atoms with Crippen molar-refractivity contribution in [2.24, 2.45) is 0 Å². The Balaban J connectivity index is 1.39. The van der Waals surface area contributed by atoms with Crippen molar-refractivity contribution in [3.63, 3.8) is 0 Å². The number of hydroxylamine groups is 1. The minimum absolute atomic E-state index is 0.223. The summed E-state index contributed by atoms with van der Waals surface area (Å²) in [6.07, 6.45) is 6.43. The van der Waals surface area contributed by atoms with Gasteiger partial charge in [-0.3, -0.25) is 4.57 Å². The van der Waals surface area contributed by atoms with Crippen molar-refractivity contribution < 1.29 is 19.1 Å². The molecule has 4 aromatic rings. The number of carbonyl (C=O) groups excluding carboxylic acids is 1. The van der Waals surface area contributed by atoms with Crippen LogP contribution in [-0.4, -0.2) is 24.8 Å². The zero-order chi connectivity index (χ0) is 22.8. The lowest BCUT2D eigenvalue weighted by Crippen LogP contribution is -2.24. The van der Waals surface area contributed by atoms with E-state index in [1.54, 1.807) is 30.0 Å². The van der Waals surface area contributed by atoms with Gasteiger partial charge < -0.3 is 19.6 Å². The van der Waals surface area contributed by atoms with Gasteiger partial charge in [0.15, 0.2) is 17.2 Å². The Kier molecular flexibility index (Phi) is 5.36. The largest absolute Gasteiger partial charge is 0.493 e. The van der Waals surface area contributed by atoms with E-state index in [1.165, 1.54) is 0 Å². The molecule has 7 heteroatoms. The molecule has 0 radical (unpaired) electrons. The lowest BCUT2D eigenvalue weighted by atomic mass is 10.1. The van der Waals surface area contributed by atoms with Crippen molar-refractivity contribution in [3.05, 3.63) is 90.8 Å². The maximum Gasteiger partial charge on any atom is 0.330 e. The van der Waals surface area contributed by atoms with E-state index in [9.17, 15) is 4.79 Å². The molecule has 3 aromatic carbocycles. The first kappa shape index (κ1) is 20.5. The number of anilines is 2. The van der Waals surface area contributed by atoms with E-state index in [1.807, 2.05) is 79.0 Å². The highest BCUT2D eigenvalue weighted by molar-refractivity contribution is 5.98. The van der Waals surface area contributed by atoms with Crippen LogP contribution in [-0.2, 0) is 6.42 Å². The molecular weight excluding hydrogens is 418 g/mol. The molecule has 1 aromatic heterocycles. The number of para-hydroxylation sites is 1. The molecule has 0 atom stereocenters. The van der Waals surface area contributed by atoms with Gasteiger partial charge in [0.25, 0.3) is 0 Å². The summed E-state index contributed by atoms with van der Waals surface area (Å²) in [5, 5.41) is 5.50.